The molecule has 0 saturated carbocycles. The van der Waals surface area contributed by atoms with Gasteiger partial charge in [-0.15, -0.1) is 0 Å². The number of rotatable bonds is 10. The molecule has 1 atom stereocenters. The van der Waals surface area contributed by atoms with Crippen molar-refractivity contribution >= 4 is 0 Å². The summed E-state index contributed by atoms with van der Waals surface area (Å²) in [6.07, 6.45) is 9.17. The van der Waals surface area contributed by atoms with E-state index in [0.29, 0.717) is 0 Å². The summed E-state index contributed by atoms with van der Waals surface area (Å²) in [4.78, 5) is 0. The lowest BCUT2D eigenvalue weighted by atomic mass is 10.1. The number of nitrogens with two attached hydrogens (primary N) is 1. The van der Waals surface area contributed by atoms with Gasteiger partial charge in [-0.3, -0.25) is 0 Å². The molecule has 0 aliphatic rings. The maximum atomic E-state index is 6.00. The number of benzene rings is 1. The molecule has 1 aromatic rings. The Balaban J connectivity index is 2.25. The van der Waals surface area contributed by atoms with Gasteiger partial charge in [0.1, 0.15) is 5.75 Å². The van der Waals surface area contributed by atoms with Crippen LogP contribution in [-0.4, -0.2) is 6.61 Å². The highest BCUT2D eigenvalue weighted by atomic mass is 16.5. The third-order valence-electron chi connectivity index (χ3n) is 3.66. The molecule has 0 aliphatic carbocycles. The van der Waals surface area contributed by atoms with Crippen molar-refractivity contribution in [2.45, 2.75) is 71.8 Å². The van der Waals surface area contributed by atoms with Gasteiger partial charge in [0.15, 0.2) is 0 Å². The predicted molar refractivity (Wildman–Crippen MR) is 87.3 cm³/mol. The average Bonchev–Trinajstić information content (AvgIpc) is 2.43. The van der Waals surface area contributed by atoms with E-state index in [0.717, 1.165) is 24.3 Å². The predicted octanol–water partition coefficient (Wildman–Crippen LogP) is 5.14. The molecule has 0 aliphatic heterocycles. The largest absolute Gasteiger partial charge is 0.493 e. The van der Waals surface area contributed by atoms with E-state index >= 15 is 0 Å². The van der Waals surface area contributed by atoms with Gasteiger partial charge in [-0.05, 0) is 26.3 Å². The van der Waals surface area contributed by atoms with Gasteiger partial charge >= 0.3 is 0 Å². The van der Waals surface area contributed by atoms with Crippen LogP contribution < -0.4 is 10.5 Å². The summed E-state index contributed by atoms with van der Waals surface area (Å²) in [5.41, 5.74) is 8.36. The molecule has 0 unspecified atom stereocenters. The monoisotopic (exact) mass is 277 g/mol. The minimum Gasteiger partial charge on any atom is -0.493 e. The summed E-state index contributed by atoms with van der Waals surface area (Å²) in [5.74, 6) is 0.955. The molecule has 0 saturated heterocycles. The topological polar surface area (TPSA) is 35.2 Å². The summed E-state index contributed by atoms with van der Waals surface area (Å²) in [6, 6.07) is 6.30. The molecule has 2 nitrogen and oxygen atoms in total. The zero-order chi connectivity index (χ0) is 14.8. The van der Waals surface area contributed by atoms with Crippen molar-refractivity contribution in [3.8, 4) is 5.75 Å². The lowest BCUT2D eigenvalue weighted by Crippen LogP contribution is -2.09. The van der Waals surface area contributed by atoms with E-state index in [1.54, 1.807) is 0 Å². The number of hydrogen-bond acceptors (Lipinski definition) is 2. The molecular weight excluding hydrogens is 246 g/mol. The summed E-state index contributed by atoms with van der Waals surface area (Å²) in [7, 11) is 0. The normalized spacial score (nSPS) is 12.4. The summed E-state index contributed by atoms with van der Waals surface area (Å²) in [6.45, 7) is 7.16. The van der Waals surface area contributed by atoms with Crippen LogP contribution in [0, 0.1) is 6.92 Å². The van der Waals surface area contributed by atoms with E-state index in [1.807, 2.05) is 6.92 Å². The Morgan fingerprint density at radius 1 is 1.05 bits per heavy atom. The van der Waals surface area contributed by atoms with Crippen molar-refractivity contribution < 1.29 is 4.74 Å². The summed E-state index contributed by atoms with van der Waals surface area (Å²) in [5, 5.41) is 0. The Bertz CT molecular complexity index is 374. The lowest BCUT2D eigenvalue weighted by molar-refractivity contribution is 0.300. The minimum absolute atomic E-state index is 0.0268. The minimum atomic E-state index is 0.0268. The van der Waals surface area contributed by atoms with Gasteiger partial charge in [-0.25, -0.2) is 0 Å². The molecule has 20 heavy (non-hydrogen) atoms. The molecule has 0 heterocycles. The molecular formula is C18H31NO. The number of aryl methyl sites for hydroxylation is 1. The first-order chi connectivity index (χ1) is 9.65. The Labute approximate surface area is 124 Å². The van der Waals surface area contributed by atoms with Crippen molar-refractivity contribution in [3.05, 3.63) is 29.3 Å². The van der Waals surface area contributed by atoms with Crippen LogP contribution in [0.2, 0.25) is 0 Å². The lowest BCUT2D eigenvalue weighted by Gasteiger charge is -2.14. The van der Waals surface area contributed by atoms with E-state index in [2.05, 4.69) is 32.0 Å². The second-order valence-corrected chi connectivity index (χ2v) is 5.80. The van der Waals surface area contributed by atoms with Crippen molar-refractivity contribution in [2.75, 3.05) is 6.61 Å². The molecule has 2 heteroatoms. The summed E-state index contributed by atoms with van der Waals surface area (Å²) < 4.78 is 5.90. The van der Waals surface area contributed by atoms with Crippen LogP contribution in [0.5, 0.6) is 5.75 Å². The summed E-state index contributed by atoms with van der Waals surface area (Å²) >= 11 is 0. The third-order valence-corrected chi connectivity index (χ3v) is 3.66. The standard InChI is InChI=1S/C18H31NO/c1-4-5-6-7-8-9-10-13-20-18-12-11-15(2)14-17(18)16(3)19/h11-12,14,16H,4-10,13,19H2,1-3H3/t16-/m0/s1. The molecule has 0 spiro atoms. The molecule has 0 radical (unpaired) electrons. The molecule has 0 fully saturated rings. The number of ether oxygens (including phenoxy) is 1. The molecule has 0 aromatic heterocycles. The van der Waals surface area contributed by atoms with Crippen LogP contribution in [0.3, 0.4) is 0 Å². The molecule has 0 bridgehead atoms. The highest BCUT2D eigenvalue weighted by molar-refractivity contribution is 5.38. The van der Waals surface area contributed by atoms with Gasteiger partial charge in [0.2, 0.25) is 0 Å². The Morgan fingerprint density at radius 2 is 1.70 bits per heavy atom. The number of unbranched alkanes of at least 4 members (excludes halogenated alkanes) is 6. The van der Waals surface area contributed by atoms with Crippen molar-refractivity contribution in [1.29, 1.82) is 0 Å². The van der Waals surface area contributed by atoms with Crippen LogP contribution in [-0.2, 0) is 0 Å². The second-order valence-electron chi connectivity index (χ2n) is 5.80. The third kappa shape index (κ3) is 6.42. The smallest absolute Gasteiger partial charge is 0.124 e. The highest BCUT2D eigenvalue weighted by Gasteiger charge is 2.08. The first-order valence-corrected chi connectivity index (χ1v) is 8.14. The fourth-order valence-corrected chi connectivity index (χ4v) is 2.40. The SMILES string of the molecule is CCCCCCCCCOc1ccc(C)cc1[C@H](C)N. The van der Waals surface area contributed by atoms with E-state index in [4.69, 9.17) is 10.5 Å². The molecule has 1 aromatic carbocycles. The van der Waals surface area contributed by atoms with Crippen LogP contribution in [0.25, 0.3) is 0 Å². The molecule has 114 valence electrons. The Kier molecular flexibility index (Phi) is 8.36. The van der Waals surface area contributed by atoms with Gasteiger partial charge in [0.25, 0.3) is 0 Å². The quantitative estimate of drug-likeness (QED) is 0.601. The van der Waals surface area contributed by atoms with Crippen molar-refractivity contribution in [2.24, 2.45) is 5.73 Å². The molecule has 0 amide bonds. The first-order valence-electron chi connectivity index (χ1n) is 8.14. The van der Waals surface area contributed by atoms with E-state index in [-0.39, 0.29) is 6.04 Å². The first kappa shape index (κ1) is 17.0. The van der Waals surface area contributed by atoms with E-state index < -0.39 is 0 Å². The van der Waals surface area contributed by atoms with Gasteiger partial charge in [0, 0.05) is 11.6 Å². The molecule has 2 N–H and O–H groups in total. The fourth-order valence-electron chi connectivity index (χ4n) is 2.40. The maximum absolute atomic E-state index is 6.00. The van der Waals surface area contributed by atoms with Crippen LogP contribution >= 0.6 is 0 Å². The average molecular weight is 277 g/mol. The van der Waals surface area contributed by atoms with Crippen LogP contribution in [0.15, 0.2) is 18.2 Å². The van der Waals surface area contributed by atoms with Crippen molar-refractivity contribution in [1.82, 2.24) is 0 Å². The van der Waals surface area contributed by atoms with Gasteiger partial charge in [-0.1, -0.05) is 63.1 Å². The van der Waals surface area contributed by atoms with Gasteiger partial charge < -0.3 is 10.5 Å². The van der Waals surface area contributed by atoms with Gasteiger partial charge in [-0.2, -0.15) is 0 Å². The maximum Gasteiger partial charge on any atom is 0.124 e. The zero-order valence-electron chi connectivity index (χ0n) is 13.5. The van der Waals surface area contributed by atoms with E-state index in [1.165, 1.54) is 44.1 Å². The van der Waals surface area contributed by atoms with Crippen molar-refractivity contribution in [3.63, 3.8) is 0 Å². The number of hydrogen-bond donors (Lipinski definition) is 1. The van der Waals surface area contributed by atoms with Crippen LogP contribution in [0.1, 0.15) is 76.0 Å². The highest BCUT2D eigenvalue weighted by Crippen LogP contribution is 2.25. The van der Waals surface area contributed by atoms with Crippen LogP contribution in [0.4, 0.5) is 0 Å². The Hall–Kier alpha value is -1.02. The van der Waals surface area contributed by atoms with E-state index in [9.17, 15) is 0 Å². The molecule has 1 rings (SSSR count). The zero-order valence-corrected chi connectivity index (χ0v) is 13.5. The fraction of sp³-hybridized carbons (Fsp3) is 0.667. The Morgan fingerprint density at radius 3 is 2.35 bits per heavy atom. The van der Waals surface area contributed by atoms with Gasteiger partial charge in [0.05, 0.1) is 6.61 Å². The second kappa shape index (κ2) is 9.82.